The molecule has 0 amide bonds. The Kier molecular flexibility index (Phi) is 7.20. The Bertz CT molecular complexity index is 149. The molecule has 0 aromatic carbocycles. The van der Waals surface area contributed by atoms with Crippen LogP contribution in [0.4, 0.5) is 0 Å². The van der Waals surface area contributed by atoms with E-state index in [-0.39, 0.29) is 0 Å². The van der Waals surface area contributed by atoms with E-state index in [1.807, 2.05) is 0 Å². The molecule has 0 aromatic heterocycles. The highest BCUT2D eigenvalue weighted by atomic mass is 14.9. The lowest BCUT2D eigenvalue weighted by molar-refractivity contribution is 0.251. The van der Waals surface area contributed by atoms with Gasteiger partial charge >= 0.3 is 0 Å². The summed E-state index contributed by atoms with van der Waals surface area (Å²) in [5, 5.41) is 3.48. The van der Waals surface area contributed by atoms with Gasteiger partial charge in [0.1, 0.15) is 0 Å². The Balaban J connectivity index is 3.52. The molecule has 0 aliphatic heterocycles. The smallest absolute Gasteiger partial charge is 0.0165 e. The largest absolute Gasteiger partial charge is 0.327 e. The standard InChI is InChI=1S/C13H30N2/c1-6-7-8-12(14)10-15-9-11(2)13(3,4)5/h11-12,15H,6-10,14H2,1-5H3. The van der Waals surface area contributed by atoms with E-state index < -0.39 is 0 Å². The van der Waals surface area contributed by atoms with Crippen molar-refractivity contribution in [2.45, 2.75) is 59.9 Å². The highest BCUT2D eigenvalue weighted by Crippen LogP contribution is 2.24. The molecule has 2 unspecified atom stereocenters. The molecule has 2 nitrogen and oxygen atoms in total. The van der Waals surface area contributed by atoms with Crippen LogP contribution in [0.5, 0.6) is 0 Å². The minimum absolute atomic E-state index is 0.331. The summed E-state index contributed by atoms with van der Waals surface area (Å²) in [4.78, 5) is 0. The van der Waals surface area contributed by atoms with Crippen molar-refractivity contribution in [1.29, 1.82) is 0 Å². The summed E-state index contributed by atoms with van der Waals surface area (Å²) in [6.07, 6.45) is 3.64. The number of rotatable bonds is 7. The Labute approximate surface area is 96.0 Å². The van der Waals surface area contributed by atoms with E-state index in [1.54, 1.807) is 0 Å². The molecule has 0 heterocycles. The zero-order chi connectivity index (χ0) is 11.9. The van der Waals surface area contributed by atoms with Crippen LogP contribution in [0.15, 0.2) is 0 Å². The van der Waals surface area contributed by atoms with Crippen molar-refractivity contribution in [3.63, 3.8) is 0 Å². The van der Waals surface area contributed by atoms with E-state index in [9.17, 15) is 0 Å². The molecule has 2 heteroatoms. The van der Waals surface area contributed by atoms with E-state index in [1.165, 1.54) is 12.8 Å². The molecule has 0 aromatic rings. The van der Waals surface area contributed by atoms with Crippen LogP contribution >= 0.6 is 0 Å². The van der Waals surface area contributed by atoms with Crippen LogP contribution in [-0.2, 0) is 0 Å². The van der Waals surface area contributed by atoms with Crippen LogP contribution in [0.25, 0.3) is 0 Å². The zero-order valence-electron chi connectivity index (χ0n) is 11.3. The van der Waals surface area contributed by atoms with Gasteiger partial charge in [-0.15, -0.1) is 0 Å². The van der Waals surface area contributed by atoms with Gasteiger partial charge in [-0.05, 0) is 24.3 Å². The molecule has 2 atom stereocenters. The van der Waals surface area contributed by atoms with Crippen LogP contribution in [0.2, 0.25) is 0 Å². The van der Waals surface area contributed by atoms with Gasteiger partial charge in [-0.25, -0.2) is 0 Å². The lowest BCUT2D eigenvalue weighted by Crippen LogP contribution is -2.38. The first-order chi connectivity index (χ1) is 6.88. The number of nitrogens with one attached hydrogen (secondary N) is 1. The predicted octanol–water partition coefficient (Wildman–Crippen LogP) is 2.78. The quantitative estimate of drug-likeness (QED) is 0.684. The van der Waals surface area contributed by atoms with Gasteiger partial charge in [0.15, 0.2) is 0 Å². The van der Waals surface area contributed by atoms with Gasteiger partial charge in [-0.2, -0.15) is 0 Å². The summed E-state index contributed by atoms with van der Waals surface area (Å²) in [6, 6.07) is 0.331. The maximum absolute atomic E-state index is 5.99. The summed E-state index contributed by atoms with van der Waals surface area (Å²) in [5.41, 5.74) is 6.38. The average Bonchev–Trinajstić information content (AvgIpc) is 2.13. The number of nitrogens with two attached hydrogens (primary N) is 1. The fraction of sp³-hybridized carbons (Fsp3) is 1.00. The normalized spacial score (nSPS) is 16.4. The molecular formula is C13H30N2. The van der Waals surface area contributed by atoms with Gasteiger partial charge in [0, 0.05) is 12.6 Å². The van der Waals surface area contributed by atoms with Crippen molar-refractivity contribution in [3.05, 3.63) is 0 Å². The zero-order valence-corrected chi connectivity index (χ0v) is 11.3. The summed E-state index contributed by atoms with van der Waals surface area (Å²) in [5.74, 6) is 0.691. The van der Waals surface area contributed by atoms with E-state index in [0.29, 0.717) is 17.4 Å². The van der Waals surface area contributed by atoms with Crippen molar-refractivity contribution in [2.24, 2.45) is 17.1 Å². The Morgan fingerprint density at radius 2 is 1.80 bits per heavy atom. The third kappa shape index (κ3) is 7.80. The Morgan fingerprint density at radius 3 is 2.27 bits per heavy atom. The van der Waals surface area contributed by atoms with Crippen molar-refractivity contribution in [3.8, 4) is 0 Å². The van der Waals surface area contributed by atoms with Gasteiger partial charge in [-0.1, -0.05) is 47.5 Å². The lowest BCUT2D eigenvalue weighted by Gasteiger charge is -2.28. The molecule has 3 N–H and O–H groups in total. The summed E-state index contributed by atoms with van der Waals surface area (Å²) < 4.78 is 0. The molecule has 92 valence electrons. The second kappa shape index (κ2) is 7.24. The number of hydrogen-bond donors (Lipinski definition) is 2. The maximum Gasteiger partial charge on any atom is 0.0165 e. The molecule has 15 heavy (non-hydrogen) atoms. The molecule has 0 aliphatic carbocycles. The van der Waals surface area contributed by atoms with Crippen LogP contribution in [0.3, 0.4) is 0 Å². The summed E-state index contributed by atoms with van der Waals surface area (Å²) in [6.45, 7) is 13.4. The summed E-state index contributed by atoms with van der Waals surface area (Å²) >= 11 is 0. The van der Waals surface area contributed by atoms with Gasteiger partial charge in [0.05, 0.1) is 0 Å². The van der Waals surface area contributed by atoms with E-state index in [4.69, 9.17) is 5.73 Å². The first-order valence-corrected chi connectivity index (χ1v) is 6.34. The molecule has 0 aliphatic rings. The van der Waals surface area contributed by atoms with Gasteiger partial charge < -0.3 is 11.1 Å². The Morgan fingerprint density at radius 1 is 1.20 bits per heavy atom. The first-order valence-electron chi connectivity index (χ1n) is 6.34. The SMILES string of the molecule is CCCCC(N)CNCC(C)C(C)(C)C. The minimum Gasteiger partial charge on any atom is -0.327 e. The minimum atomic E-state index is 0.331. The van der Waals surface area contributed by atoms with Crippen molar-refractivity contribution >= 4 is 0 Å². The maximum atomic E-state index is 5.99. The molecule has 0 saturated carbocycles. The van der Waals surface area contributed by atoms with Gasteiger partial charge in [0.2, 0.25) is 0 Å². The lowest BCUT2D eigenvalue weighted by atomic mass is 9.82. The fourth-order valence-corrected chi connectivity index (χ4v) is 1.36. The number of hydrogen-bond acceptors (Lipinski definition) is 2. The fourth-order valence-electron chi connectivity index (χ4n) is 1.36. The highest BCUT2D eigenvalue weighted by molar-refractivity contribution is 4.73. The molecule has 0 fully saturated rings. The Hall–Kier alpha value is -0.0800. The monoisotopic (exact) mass is 214 g/mol. The third-order valence-corrected chi connectivity index (χ3v) is 3.26. The van der Waals surface area contributed by atoms with E-state index in [2.05, 4.69) is 39.9 Å². The molecule has 0 rings (SSSR count). The third-order valence-electron chi connectivity index (χ3n) is 3.26. The van der Waals surface area contributed by atoms with Crippen LogP contribution in [0, 0.1) is 11.3 Å². The molecule has 0 spiro atoms. The number of unbranched alkanes of at least 4 members (excludes halogenated alkanes) is 1. The van der Waals surface area contributed by atoms with Crippen molar-refractivity contribution in [1.82, 2.24) is 5.32 Å². The first kappa shape index (κ1) is 14.9. The van der Waals surface area contributed by atoms with E-state index >= 15 is 0 Å². The van der Waals surface area contributed by atoms with Crippen molar-refractivity contribution < 1.29 is 0 Å². The van der Waals surface area contributed by atoms with Gasteiger partial charge in [0.25, 0.3) is 0 Å². The second-order valence-electron chi connectivity index (χ2n) is 5.83. The van der Waals surface area contributed by atoms with Crippen LogP contribution in [0.1, 0.15) is 53.9 Å². The topological polar surface area (TPSA) is 38.0 Å². The van der Waals surface area contributed by atoms with Crippen molar-refractivity contribution in [2.75, 3.05) is 13.1 Å². The molecule has 0 saturated heterocycles. The van der Waals surface area contributed by atoms with Gasteiger partial charge in [-0.3, -0.25) is 0 Å². The highest BCUT2D eigenvalue weighted by Gasteiger charge is 2.19. The van der Waals surface area contributed by atoms with E-state index in [0.717, 1.165) is 19.5 Å². The molecule has 0 radical (unpaired) electrons. The molecular weight excluding hydrogens is 184 g/mol. The average molecular weight is 214 g/mol. The molecule has 0 bridgehead atoms. The van der Waals surface area contributed by atoms with Crippen LogP contribution < -0.4 is 11.1 Å². The van der Waals surface area contributed by atoms with Crippen LogP contribution in [-0.4, -0.2) is 19.1 Å². The summed E-state index contributed by atoms with van der Waals surface area (Å²) in [7, 11) is 0. The predicted molar refractivity (Wildman–Crippen MR) is 69.0 cm³/mol. The second-order valence-corrected chi connectivity index (χ2v) is 5.83.